The van der Waals surface area contributed by atoms with E-state index in [1.807, 2.05) is 30.3 Å². The van der Waals surface area contributed by atoms with Crippen LogP contribution in [-0.4, -0.2) is 49.3 Å². The first-order valence-electron chi connectivity index (χ1n) is 12.4. The Balaban J connectivity index is 1.70. The topological polar surface area (TPSA) is 58.8 Å². The molecular formula is C28H34FN3O3. The lowest BCUT2D eigenvalue weighted by atomic mass is 9.94. The van der Waals surface area contributed by atoms with Gasteiger partial charge < -0.3 is 19.1 Å². The molecule has 0 bridgehead atoms. The van der Waals surface area contributed by atoms with Crippen molar-refractivity contribution < 1.29 is 18.4 Å². The highest BCUT2D eigenvalue weighted by Gasteiger charge is 2.29. The molecule has 2 aromatic carbocycles. The Kier molecular flexibility index (Phi) is 8.53. The first kappa shape index (κ1) is 24.9. The molecule has 6 nitrogen and oxygen atoms in total. The van der Waals surface area contributed by atoms with Gasteiger partial charge in [0.1, 0.15) is 11.5 Å². The van der Waals surface area contributed by atoms with E-state index >= 15 is 0 Å². The van der Waals surface area contributed by atoms with E-state index in [1.165, 1.54) is 31.4 Å². The van der Waals surface area contributed by atoms with Crippen molar-refractivity contribution in [2.45, 2.75) is 51.1 Å². The van der Waals surface area contributed by atoms with Gasteiger partial charge in [-0.15, -0.1) is 0 Å². The fourth-order valence-electron chi connectivity index (χ4n) is 4.82. The average Bonchev–Trinajstić information content (AvgIpc) is 3.32. The highest BCUT2D eigenvalue weighted by Crippen LogP contribution is 2.35. The summed E-state index contributed by atoms with van der Waals surface area (Å²) in [6, 6.07) is 16.1. The Morgan fingerprint density at radius 3 is 2.60 bits per heavy atom. The molecular weight excluding hydrogens is 445 g/mol. The zero-order chi connectivity index (χ0) is 24.6. The number of carbonyl (C=O) groups is 1. The molecule has 0 radical (unpaired) electrons. The van der Waals surface area contributed by atoms with Crippen molar-refractivity contribution in [2.24, 2.45) is 0 Å². The molecule has 1 amide bonds. The number of benzene rings is 2. The zero-order valence-electron chi connectivity index (χ0n) is 20.6. The van der Waals surface area contributed by atoms with Gasteiger partial charge in [0.2, 0.25) is 5.88 Å². The molecule has 0 spiro atoms. The minimum absolute atomic E-state index is 0.230. The third kappa shape index (κ3) is 6.09. The number of ether oxygens (including phenoxy) is 1. The average molecular weight is 480 g/mol. The first-order valence-corrected chi connectivity index (χ1v) is 12.4. The van der Waals surface area contributed by atoms with Crippen LogP contribution in [0.1, 0.15) is 54.4 Å². The lowest BCUT2D eigenvalue weighted by molar-refractivity contribution is 0.0723. The van der Waals surface area contributed by atoms with Crippen molar-refractivity contribution in [1.82, 2.24) is 10.1 Å². The van der Waals surface area contributed by atoms with Gasteiger partial charge in [-0.2, -0.15) is 0 Å². The maximum absolute atomic E-state index is 13.9. The van der Waals surface area contributed by atoms with Gasteiger partial charge in [-0.25, -0.2) is 4.39 Å². The summed E-state index contributed by atoms with van der Waals surface area (Å²) < 4.78 is 25.1. The number of anilines is 1. The third-order valence-electron chi connectivity index (χ3n) is 6.74. The van der Waals surface area contributed by atoms with Crippen molar-refractivity contribution >= 4 is 11.8 Å². The number of hydrogen-bond donors (Lipinski definition) is 0. The maximum Gasteiger partial charge on any atom is 0.254 e. The lowest BCUT2D eigenvalue weighted by Gasteiger charge is -2.32. The van der Waals surface area contributed by atoms with Crippen LogP contribution in [0, 0.1) is 5.82 Å². The van der Waals surface area contributed by atoms with Gasteiger partial charge in [0.05, 0.1) is 12.1 Å². The monoisotopic (exact) mass is 479 g/mol. The van der Waals surface area contributed by atoms with E-state index in [0.717, 1.165) is 29.7 Å². The van der Waals surface area contributed by atoms with Gasteiger partial charge in [-0.3, -0.25) is 4.79 Å². The summed E-state index contributed by atoms with van der Waals surface area (Å²) in [5.41, 5.74) is 2.85. The fraction of sp³-hybridized carbons (Fsp3) is 0.429. The number of aromatic nitrogens is 1. The molecule has 1 heterocycles. The van der Waals surface area contributed by atoms with Crippen molar-refractivity contribution in [1.29, 1.82) is 0 Å². The van der Waals surface area contributed by atoms with Crippen LogP contribution >= 0.6 is 0 Å². The van der Waals surface area contributed by atoms with Crippen molar-refractivity contribution in [2.75, 3.05) is 32.2 Å². The molecule has 186 valence electrons. The minimum Gasteiger partial charge on any atom is -0.385 e. The van der Waals surface area contributed by atoms with Crippen LogP contribution in [0.5, 0.6) is 0 Å². The van der Waals surface area contributed by atoms with E-state index in [1.54, 1.807) is 24.1 Å². The second-order valence-electron chi connectivity index (χ2n) is 9.17. The summed E-state index contributed by atoms with van der Waals surface area (Å²) in [5.74, 6) is 0.0342. The zero-order valence-corrected chi connectivity index (χ0v) is 20.6. The van der Waals surface area contributed by atoms with E-state index < -0.39 is 5.82 Å². The Labute approximate surface area is 206 Å². The Morgan fingerprint density at radius 1 is 1.11 bits per heavy atom. The SMILES string of the molecule is COCCCN(Cc1c(-c2ccccc2)noc1N(C)C1CCCCC1)C(=O)c1cccc(F)c1. The standard InChI is InChI=1S/C28H34FN3O3/c1-31(24-15-7-4-8-16-24)28-25(26(30-35-28)21-11-5-3-6-12-21)20-32(17-10-18-34-2)27(33)22-13-9-14-23(29)19-22/h3,5-6,9,11-14,19,24H,4,7-8,10,15-18,20H2,1-2H3. The Hall–Kier alpha value is -3.19. The number of amides is 1. The van der Waals surface area contributed by atoms with Crippen LogP contribution in [0.3, 0.4) is 0 Å². The lowest BCUT2D eigenvalue weighted by Crippen LogP contribution is -2.35. The molecule has 0 saturated heterocycles. The van der Waals surface area contributed by atoms with Crippen LogP contribution in [-0.2, 0) is 11.3 Å². The normalized spacial score (nSPS) is 14.1. The van der Waals surface area contributed by atoms with Gasteiger partial charge in [-0.05, 0) is 37.5 Å². The predicted octanol–water partition coefficient (Wildman–Crippen LogP) is 5.93. The largest absolute Gasteiger partial charge is 0.385 e. The van der Waals surface area contributed by atoms with E-state index in [-0.39, 0.29) is 5.91 Å². The molecule has 1 fully saturated rings. The summed E-state index contributed by atoms with van der Waals surface area (Å²) in [6.45, 7) is 1.30. The van der Waals surface area contributed by atoms with Crippen LogP contribution in [0.4, 0.5) is 10.3 Å². The van der Waals surface area contributed by atoms with Crippen molar-refractivity contribution in [3.05, 3.63) is 71.5 Å². The number of nitrogens with zero attached hydrogens (tertiary/aromatic N) is 3. The quantitative estimate of drug-likeness (QED) is 0.338. The maximum atomic E-state index is 13.9. The second kappa shape index (κ2) is 12.0. The van der Waals surface area contributed by atoms with Crippen LogP contribution in [0.15, 0.2) is 59.1 Å². The van der Waals surface area contributed by atoms with Crippen LogP contribution < -0.4 is 4.90 Å². The Morgan fingerprint density at radius 2 is 1.89 bits per heavy atom. The molecule has 1 saturated carbocycles. The predicted molar refractivity (Wildman–Crippen MR) is 135 cm³/mol. The van der Waals surface area contributed by atoms with E-state index in [4.69, 9.17) is 9.26 Å². The number of methoxy groups -OCH3 is 1. The summed E-state index contributed by atoms with van der Waals surface area (Å²) in [6.07, 6.45) is 6.54. The van der Waals surface area contributed by atoms with Crippen molar-refractivity contribution in [3.63, 3.8) is 0 Å². The molecule has 4 rings (SSSR count). The number of carbonyl (C=O) groups excluding carboxylic acids is 1. The van der Waals surface area contributed by atoms with Crippen LogP contribution in [0.25, 0.3) is 11.3 Å². The van der Waals surface area contributed by atoms with Gasteiger partial charge in [0.25, 0.3) is 5.91 Å². The molecule has 0 aliphatic heterocycles. The molecule has 35 heavy (non-hydrogen) atoms. The summed E-state index contributed by atoms with van der Waals surface area (Å²) in [5, 5.41) is 4.46. The van der Waals surface area contributed by atoms with Gasteiger partial charge in [0.15, 0.2) is 0 Å². The fourth-order valence-corrected chi connectivity index (χ4v) is 4.82. The summed E-state index contributed by atoms with van der Waals surface area (Å²) >= 11 is 0. The third-order valence-corrected chi connectivity index (χ3v) is 6.74. The number of rotatable bonds is 10. The van der Waals surface area contributed by atoms with Gasteiger partial charge in [-0.1, -0.05) is 60.8 Å². The molecule has 7 heteroatoms. The van der Waals surface area contributed by atoms with E-state index in [2.05, 4.69) is 17.1 Å². The number of hydrogen-bond acceptors (Lipinski definition) is 5. The highest BCUT2D eigenvalue weighted by molar-refractivity contribution is 5.94. The van der Waals surface area contributed by atoms with E-state index in [9.17, 15) is 9.18 Å². The highest BCUT2D eigenvalue weighted by atomic mass is 19.1. The second-order valence-corrected chi connectivity index (χ2v) is 9.17. The molecule has 1 aliphatic rings. The first-order chi connectivity index (χ1) is 17.1. The van der Waals surface area contributed by atoms with Gasteiger partial charge >= 0.3 is 0 Å². The van der Waals surface area contributed by atoms with Crippen LogP contribution in [0.2, 0.25) is 0 Å². The Bertz CT molecular complexity index is 1100. The summed E-state index contributed by atoms with van der Waals surface area (Å²) in [4.78, 5) is 17.4. The molecule has 0 unspecified atom stereocenters. The van der Waals surface area contributed by atoms with Gasteiger partial charge in [0, 0.05) is 44.5 Å². The minimum atomic E-state index is -0.430. The molecule has 1 aliphatic carbocycles. The molecule has 1 aromatic heterocycles. The molecule has 0 N–H and O–H groups in total. The van der Waals surface area contributed by atoms with Crippen molar-refractivity contribution in [3.8, 4) is 11.3 Å². The van der Waals surface area contributed by atoms with E-state index in [0.29, 0.717) is 43.6 Å². The molecule has 3 aromatic rings. The smallest absolute Gasteiger partial charge is 0.254 e. The molecule has 0 atom stereocenters. The summed E-state index contributed by atoms with van der Waals surface area (Å²) in [7, 11) is 3.70. The number of halogens is 1.